The molecule has 31 heavy (non-hydrogen) atoms. The molecule has 0 aliphatic carbocycles. The van der Waals surface area contributed by atoms with Crippen molar-refractivity contribution in [2.24, 2.45) is 0 Å². The molecule has 0 saturated carbocycles. The number of hydrogen-bond donors (Lipinski definition) is 2. The number of hydrogen-bond acceptors (Lipinski definition) is 5. The van der Waals surface area contributed by atoms with Gasteiger partial charge in [0.25, 0.3) is 0 Å². The van der Waals surface area contributed by atoms with Crippen LogP contribution < -0.4 is 14.8 Å². The summed E-state index contributed by atoms with van der Waals surface area (Å²) in [4.78, 5) is 37.4. The molecule has 8 nitrogen and oxygen atoms in total. The summed E-state index contributed by atoms with van der Waals surface area (Å²) in [6, 6.07) is 17.4. The van der Waals surface area contributed by atoms with Gasteiger partial charge in [-0.25, -0.2) is 4.79 Å². The first kappa shape index (κ1) is 22.1. The van der Waals surface area contributed by atoms with Crippen LogP contribution in [0, 0.1) is 0 Å². The second-order valence-corrected chi connectivity index (χ2v) is 7.23. The first-order valence-electron chi connectivity index (χ1n) is 10.2. The third kappa shape index (κ3) is 6.74. The van der Waals surface area contributed by atoms with Crippen molar-refractivity contribution in [3.8, 4) is 11.5 Å². The van der Waals surface area contributed by atoms with E-state index in [0.29, 0.717) is 18.8 Å². The van der Waals surface area contributed by atoms with E-state index in [4.69, 9.17) is 9.47 Å². The van der Waals surface area contributed by atoms with Crippen LogP contribution in [0.4, 0.5) is 0 Å². The third-order valence-electron chi connectivity index (χ3n) is 4.91. The summed E-state index contributed by atoms with van der Waals surface area (Å²) in [5.41, 5.74) is 0. The van der Waals surface area contributed by atoms with Gasteiger partial charge in [0.05, 0.1) is 19.7 Å². The summed E-state index contributed by atoms with van der Waals surface area (Å²) in [6.45, 7) is 0.294. The Morgan fingerprint density at radius 3 is 2.29 bits per heavy atom. The number of carboxylic acid groups (broad SMARTS) is 1. The third-order valence-corrected chi connectivity index (χ3v) is 4.91. The molecule has 1 saturated heterocycles. The first-order chi connectivity index (χ1) is 15.0. The molecule has 2 atom stereocenters. The fourth-order valence-corrected chi connectivity index (χ4v) is 3.39. The highest BCUT2D eigenvalue weighted by Gasteiger charge is 2.40. The van der Waals surface area contributed by atoms with Gasteiger partial charge in [-0.15, -0.1) is 0 Å². The number of amides is 2. The van der Waals surface area contributed by atoms with Crippen LogP contribution >= 0.6 is 0 Å². The van der Waals surface area contributed by atoms with Crippen LogP contribution in [0.3, 0.4) is 0 Å². The Labute approximate surface area is 180 Å². The van der Waals surface area contributed by atoms with Crippen LogP contribution in [0.5, 0.6) is 11.5 Å². The van der Waals surface area contributed by atoms with Crippen molar-refractivity contribution in [1.82, 2.24) is 10.2 Å². The number of carbonyl (C=O) groups excluding carboxylic acids is 2. The van der Waals surface area contributed by atoms with E-state index in [0.717, 1.165) is 5.75 Å². The highest BCUT2D eigenvalue weighted by Crippen LogP contribution is 2.23. The number of para-hydroxylation sites is 2. The molecule has 2 N–H and O–H groups in total. The van der Waals surface area contributed by atoms with Crippen molar-refractivity contribution >= 4 is 17.8 Å². The van der Waals surface area contributed by atoms with E-state index < -0.39 is 24.0 Å². The van der Waals surface area contributed by atoms with Gasteiger partial charge in [0.2, 0.25) is 11.8 Å². The summed E-state index contributed by atoms with van der Waals surface area (Å²) in [6.07, 6.45) is 0.491. The Morgan fingerprint density at radius 2 is 1.65 bits per heavy atom. The van der Waals surface area contributed by atoms with Crippen molar-refractivity contribution < 1.29 is 29.0 Å². The Bertz CT molecular complexity index is 874. The number of benzene rings is 2. The van der Waals surface area contributed by atoms with E-state index in [-0.39, 0.29) is 31.8 Å². The molecule has 1 fully saturated rings. The lowest BCUT2D eigenvalue weighted by Crippen LogP contribution is -2.45. The van der Waals surface area contributed by atoms with Gasteiger partial charge in [-0.1, -0.05) is 36.4 Å². The van der Waals surface area contributed by atoms with Gasteiger partial charge in [-0.3, -0.25) is 9.59 Å². The Kier molecular flexibility index (Phi) is 7.86. The molecule has 2 amide bonds. The number of aliphatic carboxylic acids is 1. The normalized spacial score (nSPS) is 17.7. The van der Waals surface area contributed by atoms with Crippen LogP contribution in [-0.2, 0) is 14.4 Å². The highest BCUT2D eigenvalue weighted by atomic mass is 16.5. The fourth-order valence-electron chi connectivity index (χ4n) is 3.39. The summed E-state index contributed by atoms with van der Waals surface area (Å²) < 4.78 is 11.3. The number of nitrogens with one attached hydrogen (secondary N) is 1. The smallest absolute Gasteiger partial charge is 0.326 e. The molecule has 164 valence electrons. The minimum Gasteiger partial charge on any atom is -0.494 e. The lowest BCUT2D eigenvalue weighted by Gasteiger charge is -2.21. The summed E-state index contributed by atoms with van der Waals surface area (Å²) in [5, 5.41) is 12.0. The SMILES string of the molecule is O=C(CCCOc1ccccc1)NCC(=O)N1C[C@H](Oc2ccccc2)C[C@H]1C(=O)O. The largest absolute Gasteiger partial charge is 0.494 e. The minimum absolute atomic E-state index is 0.158. The molecule has 1 heterocycles. The highest BCUT2D eigenvalue weighted by molar-refractivity contribution is 5.88. The van der Waals surface area contributed by atoms with E-state index in [1.165, 1.54) is 4.90 Å². The van der Waals surface area contributed by atoms with Crippen molar-refractivity contribution in [2.75, 3.05) is 19.7 Å². The zero-order valence-corrected chi connectivity index (χ0v) is 17.1. The van der Waals surface area contributed by atoms with Crippen LogP contribution in [0.1, 0.15) is 19.3 Å². The quantitative estimate of drug-likeness (QED) is 0.564. The second-order valence-electron chi connectivity index (χ2n) is 7.23. The first-order valence-corrected chi connectivity index (χ1v) is 10.2. The molecule has 0 radical (unpaired) electrons. The number of nitrogens with zero attached hydrogens (tertiary/aromatic N) is 1. The number of rotatable bonds is 10. The molecule has 2 aromatic rings. The van der Waals surface area contributed by atoms with Crippen LogP contribution in [0.25, 0.3) is 0 Å². The molecule has 0 unspecified atom stereocenters. The van der Waals surface area contributed by atoms with Crippen LogP contribution in [-0.4, -0.2) is 59.6 Å². The van der Waals surface area contributed by atoms with E-state index in [9.17, 15) is 19.5 Å². The Balaban J connectivity index is 1.41. The average molecular weight is 426 g/mol. The molecule has 0 spiro atoms. The van der Waals surface area contributed by atoms with Gasteiger partial charge < -0.3 is 24.8 Å². The predicted octanol–water partition coefficient (Wildman–Crippen LogP) is 2.09. The lowest BCUT2D eigenvalue weighted by molar-refractivity contribution is -0.148. The maximum absolute atomic E-state index is 12.5. The second kappa shape index (κ2) is 11.0. The topological polar surface area (TPSA) is 105 Å². The fraction of sp³-hybridized carbons (Fsp3) is 0.348. The molecule has 0 bridgehead atoms. The van der Waals surface area contributed by atoms with Crippen molar-refractivity contribution in [3.05, 3.63) is 60.7 Å². The predicted molar refractivity (Wildman–Crippen MR) is 113 cm³/mol. The van der Waals surface area contributed by atoms with Gasteiger partial charge in [-0.2, -0.15) is 0 Å². The number of carbonyl (C=O) groups is 3. The zero-order valence-electron chi connectivity index (χ0n) is 17.1. The van der Waals surface area contributed by atoms with Gasteiger partial charge in [0.1, 0.15) is 23.6 Å². The van der Waals surface area contributed by atoms with E-state index in [2.05, 4.69) is 5.32 Å². The maximum atomic E-state index is 12.5. The molecular formula is C23H26N2O6. The lowest BCUT2D eigenvalue weighted by atomic mass is 10.2. The van der Waals surface area contributed by atoms with Gasteiger partial charge in [0, 0.05) is 12.8 Å². The monoisotopic (exact) mass is 426 g/mol. The van der Waals surface area contributed by atoms with E-state index >= 15 is 0 Å². The van der Waals surface area contributed by atoms with Gasteiger partial charge >= 0.3 is 5.97 Å². The number of ether oxygens (including phenoxy) is 2. The van der Waals surface area contributed by atoms with E-state index in [1.54, 1.807) is 12.1 Å². The molecular weight excluding hydrogens is 400 g/mol. The average Bonchev–Trinajstić information content (AvgIpc) is 3.21. The molecule has 8 heteroatoms. The Morgan fingerprint density at radius 1 is 1.00 bits per heavy atom. The summed E-state index contributed by atoms with van der Waals surface area (Å²) in [7, 11) is 0. The Hall–Kier alpha value is -3.55. The van der Waals surface area contributed by atoms with Gasteiger partial charge in [0.15, 0.2) is 0 Å². The van der Waals surface area contributed by atoms with Crippen molar-refractivity contribution in [1.29, 1.82) is 0 Å². The van der Waals surface area contributed by atoms with Crippen molar-refractivity contribution in [2.45, 2.75) is 31.4 Å². The number of carboxylic acids is 1. The summed E-state index contributed by atoms with van der Waals surface area (Å²) >= 11 is 0. The zero-order chi connectivity index (χ0) is 22.1. The summed E-state index contributed by atoms with van der Waals surface area (Å²) in [5.74, 6) is -0.457. The maximum Gasteiger partial charge on any atom is 0.326 e. The molecule has 1 aliphatic heterocycles. The van der Waals surface area contributed by atoms with E-state index in [1.807, 2.05) is 48.5 Å². The molecule has 1 aliphatic rings. The number of likely N-dealkylation sites (tertiary alicyclic amines) is 1. The van der Waals surface area contributed by atoms with Crippen LogP contribution in [0.2, 0.25) is 0 Å². The molecule has 0 aromatic heterocycles. The standard InChI is InChI=1S/C23H26N2O6/c26-21(12-7-13-30-17-8-3-1-4-9-17)24-15-22(27)25-16-19(14-20(25)23(28)29)31-18-10-5-2-6-11-18/h1-6,8-11,19-20H,7,12-16H2,(H,24,26)(H,28,29)/t19-,20+/m1/s1. The minimum atomic E-state index is -1.09. The van der Waals surface area contributed by atoms with Crippen LogP contribution in [0.15, 0.2) is 60.7 Å². The molecule has 2 aromatic carbocycles. The molecule has 3 rings (SSSR count). The van der Waals surface area contributed by atoms with Gasteiger partial charge in [-0.05, 0) is 30.7 Å². The van der Waals surface area contributed by atoms with Crippen molar-refractivity contribution in [3.63, 3.8) is 0 Å².